The fourth-order valence-electron chi connectivity index (χ4n) is 2.51. The Bertz CT molecular complexity index is 840. The van der Waals surface area contributed by atoms with Crippen molar-refractivity contribution < 1.29 is 14.3 Å². The molecule has 3 rings (SSSR count). The number of rotatable bonds is 5. The van der Waals surface area contributed by atoms with E-state index in [0.29, 0.717) is 22.9 Å². The number of para-hydroxylation sites is 2. The quantitative estimate of drug-likeness (QED) is 0.756. The van der Waals surface area contributed by atoms with Gasteiger partial charge in [0.25, 0.3) is 5.91 Å². The fourth-order valence-corrected chi connectivity index (χ4v) is 2.51. The van der Waals surface area contributed by atoms with E-state index in [1.165, 1.54) is 7.11 Å². The van der Waals surface area contributed by atoms with Gasteiger partial charge in [-0.2, -0.15) is 0 Å². The maximum Gasteiger partial charge on any atom is 0.255 e. The fraction of sp³-hybridized carbons (Fsp3) is 0.222. The number of methoxy groups -OCH3 is 2. The number of benzene rings is 2. The monoisotopic (exact) mass is 325 g/mol. The number of carbonyl (C=O) groups is 1. The molecule has 0 aliphatic rings. The van der Waals surface area contributed by atoms with Gasteiger partial charge in [0.05, 0.1) is 36.9 Å². The average Bonchev–Trinajstić information content (AvgIpc) is 3.05. The van der Waals surface area contributed by atoms with E-state index in [-0.39, 0.29) is 11.9 Å². The summed E-state index contributed by atoms with van der Waals surface area (Å²) in [6.45, 7) is 1.88. The van der Waals surface area contributed by atoms with Crippen molar-refractivity contribution in [3.05, 3.63) is 53.9 Å². The number of ether oxygens (including phenoxy) is 2. The second-order valence-corrected chi connectivity index (χ2v) is 5.40. The number of imidazole rings is 1. The van der Waals surface area contributed by atoms with Crippen molar-refractivity contribution in [3.63, 3.8) is 0 Å². The average molecular weight is 325 g/mol. The summed E-state index contributed by atoms with van der Waals surface area (Å²) < 4.78 is 10.4. The Labute approximate surface area is 139 Å². The third-order valence-electron chi connectivity index (χ3n) is 3.82. The van der Waals surface area contributed by atoms with Crippen molar-refractivity contribution in [1.82, 2.24) is 15.3 Å². The first-order chi connectivity index (χ1) is 11.6. The highest BCUT2D eigenvalue weighted by Gasteiger charge is 2.18. The minimum Gasteiger partial charge on any atom is -0.497 e. The minimum atomic E-state index is -0.267. The maximum atomic E-state index is 12.5. The number of amides is 1. The molecule has 6 heteroatoms. The van der Waals surface area contributed by atoms with E-state index in [1.54, 1.807) is 25.3 Å². The van der Waals surface area contributed by atoms with Crippen LogP contribution in [0.4, 0.5) is 0 Å². The number of nitrogens with zero attached hydrogens (tertiary/aromatic N) is 1. The van der Waals surface area contributed by atoms with E-state index in [4.69, 9.17) is 9.47 Å². The summed E-state index contributed by atoms with van der Waals surface area (Å²) in [5, 5.41) is 2.93. The lowest BCUT2D eigenvalue weighted by Crippen LogP contribution is -2.27. The van der Waals surface area contributed by atoms with Gasteiger partial charge < -0.3 is 19.8 Å². The van der Waals surface area contributed by atoms with E-state index in [2.05, 4.69) is 15.3 Å². The Balaban J connectivity index is 1.81. The zero-order chi connectivity index (χ0) is 17.1. The van der Waals surface area contributed by atoms with Crippen LogP contribution in [-0.4, -0.2) is 30.1 Å². The molecule has 0 fully saturated rings. The molecule has 0 aliphatic heterocycles. The number of carbonyl (C=O) groups excluding carboxylic acids is 1. The van der Waals surface area contributed by atoms with Crippen LogP contribution in [-0.2, 0) is 0 Å². The normalized spacial score (nSPS) is 12.0. The summed E-state index contributed by atoms with van der Waals surface area (Å²) in [7, 11) is 3.09. The standard InChI is InChI=1S/C18H19N3O3/c1-11(17-20-14-6-4-5-7-15(14)21-17)19-18(22)13-9-8-12(23-2)10-16(13)24-3/h4-11H,1-3H3,(H,19,22)(H,20,21). The van der Waals surface area contributed by atoms with Crippen molar-refractivity contribution >= 4 is 16.9 Å². The topological polar surface area (TPSA) is 76.2 Å². The highest BCUT2D eigenvalue weighted by atomic mass is 16.5. The second-order valence-electron chi connectivity index (χ2n) is 5.40. The van der Waals surface area contributed by atoms with Crippen molar-refractivity contribution in [3.8, 4) is 11.5 Å². The maximum absolute atomic E-state index is 12.5. The van der Waals surface area contributed by atoms with Crippen LogP contribution >= 0.6 is 0 Å². The number of aromatic amines is 1. The first-order valence-electron chi connectivity index (χ1n) is 7.60. The van der Waals surface area contributed by atoms with Gasteiger partial charge >= 0.3 is 0 Å². The molecule has 0 bridgehead atoms. The molecule has 24 heavy (non-hydrogen) atoms. The molecule has 1 unspecified atom stereocenters. The molecule has 1 atom stereocenters. The van der Waals surface area contributed by atoms with Gasteiger partial charge in [-0.25, -0.2) is 4.98 Å². The molecule has 1 heterocycles. The van der Waals surface area contributed by atoms with E-state index >= 15 is 0 Å². The van der Waals surface area contributed by atoms with Crippen LogP contribution in [0.1, 0.15) is 29.1 Å². The lowest BCUT2D eigenvalue weighted by atomic mass is 10.1. The van der Waals surface area contributed by atoms with Gasteiger partial charge in [0.1, 0.15) is 17.3 Å². The number of aromatic nitrogens is 2. The summed E-state index contributed by atoms with van der Waals surface area (Å²) in [5.41, 5.74) is 2.26. The molecule has 0 saturated carbocycles. The van der Waals surface area contributed by atoms with E-state index in [0.717, 1.165) is 11.0 Å². The van der Waals surface area contributed by atoms with E-state index in [9.17, 15) is 4.79 Å². The lowest BCUT2D eigenvalue weighted by Gasteiger charge is -2.14. The summed E-state index contributed by atoms with van der Waals surface area (Å²) in [5.74, 6) is 1.57. The molecular weight excluding hydrogens is 306 g/mol. The van der Waals surface area contributed by atoms with Gasteiger partial charge in [-0.3, -0.25) is 4.79 Å². The molecule has 1 aromatic heterocycles. The Morgan fingerprint density at radius 1 is 1.17 bits per heavy atom. The molecule has 2 aromatic carbocycles. The second kappa shape index (κ2) is 6.62. The number of hydrogen-bond acceptors (Lipinski definition) is 4. The molecule has 6 nitrogen and oxygen atoms in total. The summed E-state index contributed by atoms with van der Waals surface area (Å²) in [4.78, 5) is 20.3. The molecule has 1 amide bonds. The van der Waals surface area contributed by atoms with Crippen LogP contribution in [0.2, 0.25) is 0 Å². The zero-order valence-corrected chi connectivity index (χ0v) is 13.8. The van der Waals surface area contributed by atoms with Crippen LogP contribution in [0.25, 0.3) is 11.0 Å². The molecule has 124 valence electrons. The highest BCUT2D eigenvalue weighted by molar-refractivity contribution is 5.97. The highest BCUT2D eigenvalue weighted by Crippen LogP contribution is 2.25. The third kappa shape index (κ3) is 3.03. The molecular formula is C18H19N3O3. The van der Waals surface area contributed by atoms with Gasteiger partial charge in [0, 0.05) is 6.07 Å². The number of fused-ring (bicyclic) bond motifs is 1. The third-order valence-corrected chi connectivity index (χ3v) is 3.82. The summed E-state index contributed by atoms with van der Waals surface area (Å²) in [6, 6.07) is 12.6. The molecule has 2 N–H and O–H groups in total. The smallest absolute Gasteiger partial charge is 0.255 e. The van der Waals surface area contributed by atoms with E-state index in [1.807, 2.05) is 31.2 Å². The first-order valence-corrected chi connectivity index (χ1v) is 7.60. The lowest BCUT2D eigenvalue weighted by molar-refractivity contribution is 0.0935. The minimum absolute atomic E-state index is 0.234. The van der Waals surface area contributed by atoms with Crippen LogP contribution in [0, 0.1) is 0 Å². The molecule has 3 aromatic rings. The van der Waals surface area contributed by atoms with Gasteiger partial charge in [0.2, 0.25) is 0 Å². The number of H-pyrrole nitrogens is 1. The van der Waals surface area contributed by atoms with Gasteiger partial charge in [-0.05, 0) is 31.2 Å². The molecule has 0 saturated heterocycles. The van der Waals surface area contributed by atoms with Crippen molar-refractivity contribution in [1.29, 1.82) is 0 Å². The summed E-state index contributed by atoms with van der Waals surface area (Å²) in [6.07, 6.45) is 0. The SMILES string of the molecule is COc1ccc(C(=O)NC(C)c2nc3ccccc3[nH]2)c(OC)c1. The van der Waals surface area contributed by atoms with E-state index < -0.39 is 0 Å². The number of hydrogen-bond donors (Lipinski definition) is 2. The van der Waals surface area contributed by atoms with Gasteiger partial charge in [0.15, 0.2) is 0 Å². The predicted octanol–water partition coefficient (Wildman–Crippen LogP) is 3.07. The van der Waals surface area contributed by atoms with Crippen molar-refractivity contribution in [2.75, 3.05) is 14.2 Å². The van der Waals surface area contributed by atoms with Crippen LogP contribution < -0.4 is 14.8 Å². The molecule has 0 spiro atoms. The van der Waals surface area contributed by atoms with Crippen molar-refractivity contribution in [2.24, 2.45) is 0 Å². The van der Waals surface area contributed by atoms with Gasteiger partial charge in [-0.1, -0.05) is 12.1 Å². The largest absolute Gasteiger partial charge is 0.497 e. The van der Waals surface area contributed by atoms with Crippen LogP contribution in [0.15, 0.2) is 42.5 Å². The Morgan fingerprint density at radius 3 is 2.67 bits per heavy atom. The van der Waals surface area contributed by atoms with Crippen LogP contribution in [0.5, 0.6) is 11.5 Å². The number of nitrogens with one attached hydrogen (secondary N) is 2. The summed E-state index contributed by atoms with van der Waals surface area (Å²) >= 11 is 0. The zero-order valence-electron chi connectivity index (χ0n) is 13.8. The Hall–Kier alpha value is -3.02. The predicted molar refractivity (Wildman–Crippen MR) is 91.5 cm³/mol. The molecule has 0 radical (unpaired) electrons. The van der Waals surface area contributed by atoms with Crippen molar-refractivity contribution in [2.45, 2.75) is 13.0 Å². The van der Waals surface area contributed by atoms with Gasteiger partial charge in [-0.15, -0.1) is 0 Å². The Kier molecular flexibility index (Phi) is 4.37. The molecule has 0 aliphatic carbocycles. The van der Waals surface area contributed by atoms with Crippen LogP contribution in [0.3, 0.4) is 0 Å². The first kappa shape index (κ1) is 15.9. The Morgan fingerprint density at radius 2 is 1.96 bits per heavy atom.